The summed E-state index contributed by atoms with van der Waals surface area (Å²) in [5, 5.41) is 14.1. The molecule has 9 nitrogen and oxygen atoms in total. The number of methoxy groups -OCH3 is 1. The number of nitrogens with one attached hydrogen (secondary N) is 2. The molecule has 3 aromatic rings. The molecule has 1 aromatic heterocycles. The number of fused-ring (bicyclic) bond motifs is 1. The third-order valence-electron chi connectivity index (χ3n) is 4.11. The number of aromatic nitrogens is 2. The zero-order valence-electron chi connectivity index (χ0n) is 15.5. The van der Waals surface area contributed by atoms with Gasteiger partial charge in [-0.25, -0.2) is 4.98 Å². The molecule has 0 atom stereocenters. The standard InChI is InChI=1S/C19H20N4O5/c1-3-28-17-10-12(15(23(25)26)11-16(17)27-2)19(24)20-9-8-18-21-13-6-4-5-7-14(13)22-18/h4-7,10-11H,3,8-9H2,1-2H3,(H,20,24)(H,21,22). The van der Waals surface area contributed by atoms with Gasteiger partial charge in [0.25, 0.3) is 11.6 Å². The van der Waals surface area contributed by atoms with E-state index in [0.29, 0.717) is 13.0 Å². The zero-order chi connectivity index (χ0) is 20.1. The monoisotopic (exact) mass is 384 g/mol. The molecule has 0 aliphatic carbocycles. The Morgan fingerprint density at radius 2 is 2.07 bits per heavy atom. The first-order valence-electron chi connectivity index (χ1n) is 8.74. The summed E-state index contributed by atoms with van der Waals surface area (Å²) >= 11 is 0. The lowest BCUT2D eigenvalue weighted by Gasteiger charge is -2.12. The van der Waals surface area contributed by atoms with Crippen molar-refractivity contribution in [3.63, 3.8) is 0 Å². The number of imidazole rings is 1. The summed E-state index contributed by atoms with van der Waals surface area (Å²) in [6.45, 7) is 2.38. The zero-order valence-corrected chi connectivity index (χ0v) is 15.5. The summed E-state index contributed by atoms with van der Waals surface area (Å²) in [4.78, 5) is 30.9. The van der Waals surface area contributed by atoms with Crippen LogP contribution in [0.1, 0.15) is 23.1 Å². The smallest absolute Gasteiger partial charge is 0.286 e. The van der Waals surface area contributed by atoms with Crippen LogP contribution in [-0.4, -0.2) is 41.1 Å². The lowest BCUT2D eigenvalue weighted by atomic mass is 10.1. The van der Waals surface area contributed by atoms with Crippen molar-refractivity contribution >= 4 is 22.6 Å². The van der Waals surface area contributed by atoms with Gasteiger partial charge in [-0.05, 0) is 19.1 Å². The molecule has 0 bridgehead atoms. The van der Waals surface area contributed by atoms with E-state index in [1.165, 1.54) is 19.2 Å². The van der Waals surface area contributed by atoms with Crippen LogP contribution in [0.5, 0.6) is 11.5 Å². The van der Waals surface area contributed by atoms with E-state index in [-0.39, 0.29) is 29.3 Å². The molecule has 1 amide bonds. The van der Waals surface area contributed by atoms with Crippen LogP contribution in [0, 0.1) is 10.1 Å². The first-order chi connectivity index (χ1) is 13.5. The van der Waals surface area contributed by atoms with Crippen LogP contribution in [-0.2, 0) is 6.42 Å². The number of nitrogens with zero attached hydrogens (tertiary/aromatic N) is 2. The molecule has 0 saturated carbocycles. The maximum absolute atomic E-state index is 12.5. The van der Waals surface area contributed by atoms with E-state index in [9.17, 15) is 14.9 Å². The number of hydrogen-bond donors (Lipinski definition) is 2. The van der Waals surface area contributed by atoms with Crippen LogP contribution in [0.4, 0.5) is 5.69 Å². The Labute approximate surface area is 160 Å². The average molecular weight is 384 g/mol. The molecule has 0 fully saturated rings. The number of nitro groups is 1. The lowest BCUT2D eigenvalue weighted by Crippen LogP contribution is -2.26. The second-order valence-corrected chi connectivity index (χ2v) is 5.92. The second kappa shape index (κ2) is 8.38. The summed E-state index contributed by atoms with van der Waals surface area (Å²) in [5.74, 6) is 0.637. The number of H-pyrrole nitrogens is 1. The molecule has 0 aliphatic rings. The predicted octanol–water partition coefficient (Wildman–Crippen LogP) is 2.85. The molecule has 9 heteroatoms. The van der Waals surface area contributed by atoms with Crippen LogP contribution < -0.4 is 14.8 Å². The van der Waals surface area contributed by atoms with Gasteiger partial charge in [-0.2, -0.15) is 0 Å². The molecular weight excluding hydrogens is 364 g/mol. The normalized spacial score (nSPS) is 10.6. The minimum Gasteiger partial charge on any atom is -0.493 e. The average Bonchev–Trinajstić information content (AvgIpc) is 3.10. The van der Waals surface area contributed by atoms with Crippen LogP contribution in [0.2, 0.25) is 0 Å². The highest BCUT2D eigenvalue weighted by Gasteiger charge is 2.24. The fourth-order valence-corrected chi connectivity index (χ4v) is 2.82. The molecule has 1 heterocycles. The van der Waals surface area contributed by atoms with Gasteiger partial charge in [-0.15, -0.1) is 0 Å². The minimum absolute atomic E-state index is 0.0844. The lowest BCUT2D eigenvalue weighted by molar-refractivity contribution is -0.385. The van der Waals surface area contributed by atoms with E-state index < -0.39 is 10.8 Å². The van der Waals surface area contributed by atoms with Crippen molar-refractivity contribution in [2.24, 2.45) is 0 Å². The van der Waals surface area contributed by atoms with Gasteiger partial charge >= 0.3 is 0 Å². The van der Waals surface area contributed by atoms with Crippen molar-refractivity contribution in [3.8, 4) is 11.5 Å². The molecule has 0 unspecified atom stereocenters. The minimum atomic E-state index is -0.619. The van der Waals surface area contributed by atoms with E-state index in [4.69, 9.17) is 9.47 Å². The number of ether oxygens (including phenoxy) is 2. The number of amides is 1. The SMILES string of the molecule is CCOc1cc(C(=O)NCCc2nc3ccccc3[nH]2)c([N+](=O)[O-])cc1OC. The van der Waals surface area contributed by atoms with Gasteiger partial charge in [0.05, 0.1) is 35.7 Å². The van der Waals surface area contributed by atoms with E-state index in [1.807, 2.05) is 24.3 Å². The van der Waals surface area contributed by atoms with Crippen molar-refractivity contribution in [1.29, 1.82) is 0 Å². The highest BCUT2D eigenvalue weighted by Crippen LogP contribution is 2.34. The van der Waals surface area contributed by atoms with Crippen molar-refractivity contribution < 1.29 is 19.2 Å². The number of carbonyl (C=O) groups excluding carboxylic acids is 1. The largest absolute Gasteiger partial charge is 0.493 e. The summed E-state index contributed by atoms with van der Waals surface area (Å²) in [6.07, 6.45) is 0.461. The fourth-order valence-electron chi connectivity index (χ4n) is 2.82. The van der Waals surface area contributed by atoms with Gasteiger partial charge in [-0.3, -0.25) is 14.9 Å². The molecule has 0 aliphatic heterocycles. The number of hydrogen-bond acceptors (Lipinski definition) is 6. The van der Waals surface area contributed by atoms with Gasteiger partial charge in [-0.1, -0.05) is 12.1 Å². The highest BCUT2D eigenvalue weighted by molar-refractivity contribution is 5.99. The van der Waals surface area contributed by atoms with Crippen molar-refractivity contribution in [2.75, 3.05) is 20.3 Å². The van der Waals surface area contributed by atoms with Crippen molar-refractivity contribution in [2.45, 2.75) is 13.3 Å². The Kier molecular flexibility index (Phi) is 5.73. The number of rotatable bonds is 8. The maximum atomic E-state index is 12.5. The number of benzene rings is 2. The van der Waals surface area contributed by atoms with Gasteiger partial charge in [0, 0.05) is 19.0 Å². The number of nitro benzene ring substituents is 1. The molecule has 0 radical (unpaired) electrons. The number of para-hydroxylation sites is 2. The van der Waals surface area contributed by atoms with Gasteiger partial charge in [0.2, 0.25) is 0 Å². The first kappa shape index (κ1) is 19.2. The molecular formula is C19H20N4O5. The number of aromatic amines is 1. The van der Waals surface area contributed by atoms with E-state index in [1.54, 1.807) is 6.92 Å². The quantitative estimate of drug-likeness (QED) is 0.455. The van der Waals surface area contributed by atoms with Gasteiger partial charge < -0.3 is 19.8 Å². The van der Waals surface area contributed by atoms with E-state index in [0.717, 1.165) is 16.9 Å². The van der Waals surface area contributed by atoms with Crippen LogP contribution >= 0.6 is 0 Å². The van der Waals surface area contributed by atoms with E-state index in [2.05, 4.69) is 15.3 Å². The van der Waals surface area contributed by atoms with Gasteiger partial charge in [0.15, 0.2) is 11.5 Å². The third-order valence-corrected chi connectivity index (χ3v) is 4.11. The topological polar surface area (TPSA) is 119 Å². The predicted molar refractivity (Wildman–Crippen MR) is 103 cm³/mol. The van der Waals surface area contributed by atoms with Gasteiger partial charge in [0.1, 0.15) is 11.4 Å². The first-order valence-corrected chi connectivity index (χ1v) is 8.74. The van der Waals surface area contributed by atoms with Crippen molar-refractivity contribution in [1.82, 2.24) is 15.3 Å². The summed E-state index contributed by atoms with van der Waals surface area (Å²) in [6, 6.07) is 10.1. The summed E-state index contributed by atoms with van der Waals surface area (Å²) < 4.78 is 10.5. The Hall–Kier alpha value is -3.62. The Morgan fingerprint density at radius 3 is 2.75 bits per heavy atom. The molecule has 146 valence electrons. The maximum Gasteiger partial charge on any atom is 0.286 e. The molecule has 3 rings (SSSR count). The summed E-state index contributed by atoms with van der Waals surface area (Å²) in [7, 11) is 1.38. The molecule has 28 heavy (non-hydrogen) atoms. The Bertz CT molecular complexity index is 982. The van der Waals surface area contributed by atoms with E-state index >= 15 is 0 Å². The molecule has 2 N–H and O–H groups in total. The second-order valence-electron chi connectivity index (χ2n) is 5.92. The molecule has 0 saturated heterocycles. The molecule has 2 aromatic carbocycles. The van der Waals surface area contributed by atoms with Crippen molar-refractivity contribution in [3.05, 3.63) is 57.9 Å². The van der Waals surface area contributed by atoms with Crippen LogP contribution in [0.15, 0.2) is 36.4 Å². The molecule has 0 spiro atoms. The Balaban J connectivity index is 1.75. The van der Waals surface area contributed by atoms with Crippen LogP contribution in [0.3, 0.4) is 0 Å². The highest BCUT2D eigenvalue weighted by atomic mass is 16.6. The third kappa shape index (κ3) is 4.03. The van der Waals surface area contributed by atoms with Crippen LogP contribution in [0.25, 0.3) is 11.0 Å². The Morgan fingerprint density at radius 1 is 1.29 bits per heavy atom. The number of carbonyl (C=O) groups is 1. The fraction of sp³-hybridized carbons (Fsp3) is 0.263. The summed E-state index contributed by atoms with van der Waals surface area (Å²) in [5.41, 5.74) is 1.33.